The van der Waals surface area contributed by atoms with Gasteiger partial charge in [-0.1, -0.05) is 24.3 Å². The van der Waals surface area contributed by atoms with Crippen molar-refractivity contribution in [1.29, 1.82) is 0 Å². The molecule has 114 valence electrons. The molecule has 2 aromatic heterocycles. The summed E-state index contributed by atoms with van der Waals surface area (Å²) >= 11 is 0. The van der Waals surface area contributed by atoms with Crippen LogP contribution in [0, 0.1) is 0 Å². The fraction of sp³-hybridized carbons (Fsp3) is 0.118. The number of nitrogens with zero attached hydrogens (tertiary/aromatic N) is 4. The van der Waals surface area contributed by atoms with Crippen LogP contribution in [0.4, 0.5) is 5.95 Å². The number of H-pyrrole nitrogens is 1. The fourth-order valence-electron chi connectivity index (χ4n) is 2.68. The van der Waals surface area contributed by atoms with Crippen molar-refractivity contribution in [2.45, 2.75) is 13.5 Å². The molecule has 4 aromatic rings. The molecule has 0 fully saturated rings. The number of aryl methyl sites for hydroxylation is 1. The maximum atomic E-state index is 4.60. The van der Waals surface area contributed by atoms with Gasteiger partial charge in [0.05, 0.1) is 28.3 Å². The van der Waals surface area contributed by atoms with Gasteiger partial charge in [-0.2, -0.15) is 5.10 Å². The van der Waals surface area contributed by atoms with Crippen molar-refractivity contribution in [2.24, 2.45) is 5.10 Å². The monoisotopic (exact) mass is 304 g/mol. The first-order chi connectivity index (χ1) is 11.3. The van der Waals surface area contributed by atoms with Crippen molar-refractivity contribution in [1.82, 2.24) is 19.5 Å². The van der Waals surface area contributed by atoms with E-state index in [1.54, 1.807) is 6.21 Å². The van der Waals surface area contributed by atoms with E-state index in [9.17, 15) is 0 Å². The number of anilines is 1. The number of nitrogens with one attached hydrogen (secondary N) is 2. The van der Waals surface area contributed by atoms with E-state index in [1.807, 2.05) is 42.5 Å². The number of fused-ring (bicyclic) bond motifs is 2. The zero-order chi connectivity index (χ0) is 15.6. The van der Waals surface area contributed by atoms with E-state index >= 15 is 0 Å². The topological polar surface area (TPSA) is 70.9 Å². The number of benzene rings is 2. The van der Waals surface area contributed by atoms with Gasteiger partial charge in [-0.15, -0.1) is 0 Å². The molecule has 2 heterocycles. The van der Waals surface area contributed by atoms with Crippen LogP contribution in [-0.4, -0.2) is 25.7 Å². The number of hydrogen-bond acceptors (Lipinski definition) is 4. The Hall–Kier alpha value is -3.15. The summed E-state index contributed by atoms with van der Waals surface area (Å²) < 4.78 is 2.12. The normalized spacial score (nSPS) is 11.7. The lowest BCUT2D eigenvalue weighted by molar-refractivity contribution is 0.780. The van der Waals surface area contributed by atoms with Gasteiger partial charge >= 0.3 is 0 Å². The Morgan fingerprint density at radius 2 is 1.87 bits per heavy atom. The van der Waals surface area contributed by atoms with Crippen LogP contribution in [0.2, 0.25) is 0 Å². The Bertz CT molecular complexity index is 962. The third-order valence-electron chi connectivity index (χ3n) is 3.74. The summed E-state index contributed by atoms with van der Waals surface area (Å²) in [4.78, 5) is 12.2. The Morgan fingerprint density at radius 3 is 2.70 bits per heavy atom. The van der Waals surface area contributed by atoms with Gasteiger partial charge in [0.2, 0.25) is 5.95 Å². The van der Waals surface area contributed by atoms with E-state index < -0.39 is 0 Å². The van der Waals surface area contributed by atoms with Crippen LogP contribution in [-0.2, 0) is 6.54 Å². The van der Waals surface area contributed by atoms with Gasteiger partial charge in [0, 0.05) is 6.54 Å². The fourth-order valence-corrected chi connectivity index (χ4v) is 2.68. The molecule has 0 bridgehead atoms. The second-order valence-electron chi connectivity index (χ2n) is 5.18. The van der Waals surface area contributed by atoms with Crippen molar-refractivity contribution in [2.75, 3.05) is 5.43 Å². The molecule has 6 nitrogen and oxygen atoms in total. The van der Waals surface area contributed by atoms with Gasteiger partial charge in [-0.3, -0.25) is 0 Å². The first-order valence-corrected chi connectivity index (χ1v) is 7.54. The predicted octanol–water partition coefficient (Wildman–Crippen LogP) is 3.38. The second-order valence-corrected chi connectivity index (χ2v) is 5.18. The van der Waals surface area contributed by atoms with Crippen molar-refractivity contribution < 1.29 is 0 Å². The molecule has 2 aromatic carbocycles. The predicted molar refractivity (Wildman–Crippen MR) is 92.7 cm³/mol. The van der Waals surface area contributed by atoms with Gasteiger partial charge in [-0.05, 0) is 31.2 Å². The van der Waals surface area contributed by atoms with Gasteiger partial charge in [-0.25, -0.2) is 15.4 Å². The summed E-state index contributed by atoms with van der Waals surface area (Å²) in [6, 6.07) is 15.9. The standard InChI is InChI=1S/C17H16N6/c1-2-23-15-10-6-5-9-14(15)19-16(23)11-18-22-17-20-12-7-3-4-8-13(12)21-17/h3-11H,2H2,1H3,(H2,20,21,22)/b18-11-. The Morgan fingerprint density at radius 1 is 1.09 bits per heavy atom. The van der Waals surface area contributed by atoms with E-state index in [2.05, 4.69) is 43.0 Å². The molecule has 2 N–H and O–H groups in total. The van der Waals surface area contributed by atoms with Crippen LogP contribution in [0.5, 0.6) is 0 Å². The summed E-state index contributed by atoms with van der Waals surface area (Å²) in [7, 11) is 0. The molecule has 0 radical (unpaired) electrons. The zero-order valence-corrected chi connectivity index (χ0v) is 12.7. The molecular weight excluding hydrogens is 288 g/mol. The maximum Gasteiger partial charge on any atom is 0.222 e. The highest BCUT2D eigenvalue weighted by Gasteiger charge is 2.06. The number of para-hydroxylation sites is 4. The summed E-state index contributed by atoms with van der Waals surface area (Å²) in [6.07, 6.45) is 1.72. The third-order valence-corrected chi connectivity index (χ3v) is 3.74. The molecule has 0 saturated heterocycles. The van der Waals surface area contributed by atoms with Crippen molar-refractivity contribution >= 4 is 34.2 Å². The lowest BCUT2D eigenvalue weighted by Gasteiger charge is -2.01. The van der Waals surface area contributed by atoms with E-state index in [4.69, 9.17) is 0 Å². The van der Waals surface area contributed by atoms with Gasteiger partial charge in [0.15, 0.2) is 5.82 Å². The number of imidazole rings is 2. The molecule has 0 aliphatic carbocycles. The largest absolute Gasteiger partial charge is 0.323 e. The SMILES string of the molecule is CCn1c(/C=N\Nc2nc3ccccc3[nH]2)nc2ccccc21. The zero-order valence-electron chi connectivity index (χ0n) is 12.7. The van der Waals surface area contributed by atoms with Gasteiger partial charge in [0.1, 0.15) is 0 Å². The summed E-state index contributed by atoms with van der Waals surface area (Å²) in [5.41, 5.74) is 6.90. The average Bonchev–Trinajstić information content (AvgIpc) is 3.14. The Balaban J connectivity index is 1.61. The molecule has 0 aliphatic rings. The molecule has 0 aliphatic heterocycles. The highest BCUT2D eigenvalue weighted by molar-refractivity contribution is 5.85. The molecule has 6 heteroatoms. The summed E-state index contributed by atoms with van der Waals surface area (Å²) in [5, 5.41) is 4.26. The molecule has 0 atom stereocenters. The molecular formula is C17H16N6. The molecule has 0 unspecified atom stereocenters. The first-order valence-electron chi connectivity index (χ1n) is 7.54. The van der Waals surface area contributed by atoms with E-state index in [1.165, 1.54) is 0 Å². The van der Waals surface area contributed by atoms with Gasteiger partial charge in [0.25, 0.3) is 0 Å². The molecule has 4 rings (SSSR count). The quantitative estimate of drug-likeness (QED) is 0.448. The van der Waals surface area contributed by atoms with E-state index in [0.717, 1.165) is 34.4 Å². The van der Waals surface area contributed by atoms with Crippen LogP contribution < -0.4 is 5.43 Å². The van der Waals surface area contributed by atoms with Crippen LogP contribution in [0.25, 0.3) is 22.1 Å². The van der Waals surface area contributed by atoms with Crippen LogP contribution in [0.15, 0.2) is 53.6 Å². The number of aromatic amines is 1. The van der Waals surface area contributed by atoms with Crippen molar-refractivity contribution in [3.8, 4) is 0 Å². The van der Waals surface area contributed by atoms with Crippen LogP contribution in [0.3, 0.4) is 0 Å². The van der Waals surface area contributed by atoms with Crippen molar-refractivity contribution in [3.63, 3.8) is 0 Å². The average molecular weight is 304 g/mol. The molecule has 0 spiro atoms. The number of hydrazone groups is 1. The van der Waals surface area contributed by atoms with Crippen LogP contribution >= 0.6 is 0 Å². The number of rotatable bonds is 4. The summed E-state index contributed by atoms with van der Waals surface area (Å²) in [5.74, 6) is 1.43. The maximum absolute atomic E-state index is 4.60. The molecule has 0 saturated carbocycles. The minimum absolute atomic E-state index is 0.613. The number of aromatic nitrogens is 4. The highest BCUT2D eigenvalue weighted by Crippen LogP contribution is 2.15. The third kappa shape index (κ3) is 2.44. The lowest BCUT2D eigenvalue weighted by Crippen LogP contribution is -2.02. The Kier molecular flexibility index (Phi) is 3.27. The molecule has 0 amide bonds. The van der Waals surface area contributed by atoms with E-state index in [0.29, 0.717) is 5.95 Å². The minimum Gasteiger partial charge on any atom is -0.323 e. The van der Waals surface area contributed by atoms with Gasteiger partial charge < -0.3 is 9.55 Å². The van der Waals surface area contributed by atoms with E-state index in [-0.39, 0.29) is 0 Å². The second kappa shape index (κ2) is 5.57. The highest BCUT2D eigenvalue weighted by atomic mass is 15.4. The van der Waals surface area contributed by atoms with Crippen molar-refractivity contribution in [3.05, 3.63) is 54.4 Å². The first kappa shape index (κ1) is 13.5. The summed E-state index contributed by atoms with van der Waals surface area (Å²) in [6.45, 7) is 2.94. The lowest BCUT2D eigenvalue weighted by atomic mass is 10.3. The minimum atomic E-state index is 0.613. The smallest absolute Gasteiger partial charge is 0.222 e. The van der Waals surface area contributed by atoms with Crippen LogP contribution in [0.1, 0.15) is 12.7 Å². The number of hydrogen-bond donors (Lipinski definition) is 2. The Labute approximate surface area is 132 Å². The molecule has 23 heavy (non-hydrogen) atoms.